The number of nitro benzene ring substituents is 1. The topological polar surface area (TPSA) is 83.6 Å². The first-order chi connectivity index (χ1) is 13.8. The van der Waals surface area contributed by atoms with Crippen LogP contribution in [-0.2, 0) is 6.42 Å². The first kappa shape index (κ1) is 22.0. The molecule has 29 heavy (non-hydrogen) atoms. The number of benzene rings is 2. The van der Waals surface area contributed by atoms with Crippen molar-refractivity contribution in [3.05, 3.63) is 86.5 Å². The van der Waals surface area contributed by atoms with Gasteiger partial charge in [-0.3, -0.25) is 10.1 Å². The summed E-state index contributed by atoms with van der Waals surface area (Å²) in [6.45, 7) is 6.20. The average Bonchev–Trinajstić information content (AvgIpc) is 2.65. The van der Waals surface area contributed by atoms with E-state index in [9.17, 15) is 20.3 Å². The molecule has 0 aromatic heterocycles. The Labute approximate surface area is 171 Å². The smallest absolute Gasteiger partial charge is 0.269 e. The van der Waals surface area contributed by atoms with E-state index in [4.69, 9.17) is 0 Å². The third-order valence-corrected chi connectivity index (χ3v) is 4.54. The minimum absolute atomic E-state index is 0.0333. The average molecular weight is 393 g/mol. The SMILES string of the molecule is CC(C)=CCCC(C)=CCc1c(O)cc(C=Cc2ccc([N+](=O)[O-])cc2)cc1O. The minimum atomic E-state index is -0.444. The number of allylic oxidation sites excluding steroid dienone is 4. The van der Waals surface area contributed by atoms with Gasteiger partial charge in [0.05, 0.1) is 4.92 Å². The first-order valence-electron chi connectivity index (χ1n) is 9.52. The summed E-state index contributed by atoms with van der Waals surface area (Å²) < 4.78 is 0. The number of nitrogens with zero attached hydrogens (tertiary/aromatic N) is 1. The highest BCUT2D eigenvalue weighted by Gasteiger charge is 2.08. The maximum Gasteiger partial charge on any atom is 0.269 e. The maximum atomic E-state index is 10.7. The summed E-state index contributed by atoms with van der Waals surface area (Å²) in [5, 5.41) is 31.3. The second-order valence-corrected chi connectivity index (χ2v) is 7.29. The number of phenolic OH excluding ortho intramolecular Hbond substituents is 2. The van der Waals surface area contributed by atoms with Gasteiger partial charge in [0, 0.05) is 17.7 Å². The third kappa shape index (κ3) is 6.96. The number of nitro groups is 1. The number of hydrogen-bond acceptors (Lipinski definition) is 4. The van der Waals surface area contributed by atoms with Crippen LogP contribution in [0.1, 0.15) is 50.3 Å². The van der Waals surface area contributed by atoms with E-state index in [1.54, 1.807) is 36.4 Å². The van der Waals surface area contributed by atoms with Crippen molar-refractivity contribution in [2.24, 2.45) is 0 Å². The number of aromatic hydroxyl groups is 2. The molecular formula is C24H27NO4. The molecule has 0 unspecified atom stereocenters. The van der Waals surface area contributed by atoms with Crippen molar-refractivity contribution < 1.29 is 15.1 Å². The summed E-state index contributed by atoms with van der Waals surface area (Å²) in [5.74, 6) is 0.0865. The molecular weight excluding hydrogens is 366 g/mol. The Morgan fingerprint density at radius 1 is 0.966 bits per heavy atom. The molecule has 152 valence electrons. The summed E-state index contributed by atoms with van der Waals surface area (Å²) in [6.07, 6.45) is 10.1. The van der Waals surface area contributed by atoms with E-state index < -0.39 is 4.92 Å². The molecule has 0 bridgehead atoms. The van der Waals surface area contributed by atoms with Crippen LogP contribution in [0, 0.1) is 10.1 Å². The molecule has 2 aromatic rings. The van der Waals surface area contributed by atoms with E-state index in [0.29, 0.717) is 17.5 Å². The minimum Gasteiger partial charge on any atom is -0.507 e. The zero-order chi connectivity index (χ0) is 21.4. The molecule has 0 aliphatic rings. The second kappa shape index (κ2) is 10.3. The number of phenols is 2. The molecule has 0 aliphatic carbocycles. The largest absolute Gasteiger partial charge is 0.507 e. The van der Waals surface area contributed by atoms with E-state index in [1.165, 1.54) is 23.3 Å². The van der Waals surface area contributed by atoms with Gasteiger partial charge in [-0.1, -0.05) is 35.5 Å². The van der Waals surface area contributed by atoms with Crippen LogP contribution < -0.4 is 0 Å². The van der Waals surface area contributed by atoms with Crippen LogP contribution >= 0.6 is 0 Å². The Bertz CT molecular complexity index is 926. The molecule has 2 N–H and O–H groups in total. The van der Waals surface area contributed by atoms with Crippen LogP contribution in [0.15, 0.2) is 59.7 Å². The zero-order valence-electron chi connectivity index (χ0n) is 17.1. The van der Waals surface area contributed by atoms with Gasteiger partial charge in [0.15, 0.2) is 0 Å². The highest BCUT2D eigenvalue weighted by Crippen LogP contribution is 2.31. The first-order valence-corrected chi connectivity index (χ1v) is 9.52. The van der Waals surface area contributed by atoms with E-state index >= 15 is 0 Å². The van der Waals surface area contributed by atoms with Crippen molar-refractivity contribution in [2.45, 2.75) is 40.0 Å². The van der Waals surface area contributed by atoms with Crippen molar-refractivity contribution in [1.29, 1.82) is 0 Å². The summed E-state index contributed by atoms with van der Waals surface area (Å²) in [5.41, 5.74) is 4.47. The third-order valence-electron chi connectivity index (χ3n) is 4.54. The lowest BCUT2D eigenvalue weighted by Crippen LogP contribution is -1.88. The van der Waals surface area contributed by atoms with Crippen molar-refractivity contribution in [3.63, 3.8) is 0 Å². The van der Waals surface area contributed by atoms with Crippen LogP contribution in [0.4, 0.5) is 5.69 Å². The van der Waals surface area contributed by atoms with Gasteiger partial charge < -0.3 is 10.2 Å². The number of hydrogen-bond donors (Lipinski definition) is 2. The van der Waals surface area contributed by atoms with Crippen LogP contribution in [0.3, 0.4) is 0 Å². The summed E-state index contributed by atoms with van der Waals surface area (Å²) >= 11 is 0. The molecule has 0 saturated heterocycles. The van der Waals surface area contributed by atoms with Crippen LogP contribution in [0.25, 0.3) is 12.2 Å². The van der Waals surface area contributed by atoms with Gasteiger partial charge >= 0.3 is 0 Å². The molecule has 5 heteroatoms. The maximum absolute atomic E-state index is 10.7. The molecule has 2 rings (SSSR count). The molecule has 0 saturated carbocycles. The Kier molecular flexibility index (Phi) is 7.78. The van der Waals surface area contributed by atoms with Gasteiger partial charge in [-0.25, -0.2) is 0 Å². The van der Waals surface area contributed by atoms with Gasteiger partial charge in [-0.05, 0) is 75.4 Å². The molecule has 5 nitrogen and oxygen atoms in total. The number of non-ortho nitro benzene ring substituents is 1. The van der Waals surface area contributed by atoms with Crippen molar-refractivity contribution in [3.8, 4) is 11.5 Å². The van der Waals surface area contributed by atoms with Gasteiger partial charge in [0.25, 0.3) is 5.69 Å². The zero-order valence-corrected chi connectivity index (χ0v) is 17.1. The van der Waals surface area contributed by atoms with Crippen LogP contribution in [-0.4, -0.2) is 15.1 Å². The Hall–Kier alpha value is -3.34. The molecule has 0 amide bonds. The second-order valence-electron chi connectivity index (χ2n) is 7.29. The van der Waals surface area contributed by atoms with Crippen LogP contribution in [0.2, 0.25) is 0 Å². The molecule has 0 heterocycles. The quantitative estimate of drug-likeness (QED) is 0.235. The Balaban J connectivity index is 2.08. The number of rotatable bonds is 8. The molecule has 0 radical (unpaired) electrons. The lowest BCUT2D eigenvalue weighted by atomic mass is 10.0. The van der Waals surface area contributed by atoms with Gasteiger partial charge in [-0.2, -0.15) is 0 Å². The highest BCUT2D eigenvalue weighted by atomic mass is 16.6. The van der Waals surface area contributed by atoms with Gasteiger partial charge in [0.1, 0.15) is 11.5 Å². The fourth-order valence-corrected chi connectivity index (χ4v) is 2.83. The Morgan fingerprint density at radius 3 is 2.10 bits per heavy atom. The summed E-state index contributed by atoms with van der Waals surface area (Å²) in [6, 6.07) is 9.36. The van der Waals surface area contributed by atoms with E-state index in [1.807, 2.05) is 13.0 Å². The van der Waals surface area contributed by atoms with Gasteiger partial charge in [0.2, 0.25) is 0 Å². The molecule has 0 aliphatic heterocycles. The predicted octanol–water partition coefficient (Wildman–Crippen LogP) is 6.41. The van der Waals surface area contributed by atoms with E-state index in [0.717, 1.165) is 18.4 Å². The van der Waals surface area contributed by atoms with Gasteiger partial charge in [-0.15, -0.1) is 0 Å². The lowest BCUT2D eigenvalue weighted by molar-refractivity contribution is -0.384. The molecule has 2 aromatic carbocycles. The standard InChI is InChI=1S/C24H27NO4/c1-17(2)5-4-6-18(3)7-14-22-23(26)15-20(16-24(22)27)9-8-19-10-12-21(13-11-19)25(28)29/h5,7-13,15-16,26-27H,4,6,14H2,1-3H3. The normalized spacial score (nSPS) is 11.6. The fraction of sp³-hybridized carbons (Fsp3) is 0.250. The van der Waals surface area contributed by atoms with Crippen molar-refractivity contribution >= 4 is 17.8 Å². The predicted molar refractivity (Wildman–Crippen MR) is 118 cm³/mol. The summed E-state index contributed by atoms with van der Waals surface area (Å²) in [7, 11) is 0. The van der Waals surface area contributed by atoms with E-state index in [-0.39, 0.29) is 17.2 Å². The Morgan fingerprint density at radius 2 is 1.55 bits per heavy atom. The molecule has 0 atom stereocenters. The monoisotopic (exact) mass is 393 g/mol. The fourth-order valence-electron chi connectivity index (χ4n) is 2.83. The van der Waals surface area contributed by atoms with E-state index in [2.05, 4.69) is 19.9 Å². The van der Waals surface area contributed by atoms with Crippen molar-refractivity contribution in [1.82, 2.24) is 0 Å². The molecule has 0 spiro atoms. The van der Waals surface area contributed by atoms with Crippen molar-refractivity contribution in [2.75, 3.05) is 0 Å². The lowest BCUT2D eigenvalue weighted by Gasteiger charge is -2.08. The highest BCUT2D eigenvalue weighted by molar-refractivity contribution is 5.72. The summed E-state index contributed by atoms with van der Waals surface area (Å²) in [4.78, 5) is 10.3. The van der Waals surface area contributed by atoms with Crippen LogP contribution in [0.5, 0.6) is 11.5 Å². The molecule has 0 fully saturated rings.